The van der Waals surface area contributed by atoms with Gasteiger partial charge in [-0.05, 0) is 86.6 Å². The highest BCUT2D eigenvalue weighted by Gasteiger charge is 2.35. The maximum absolute atomic E-state index is 2.40. The molecule has 9 rings (SSSR count). The van der Waals surface area contributed by atoms with E-state index in [2.05, 4.69) is 170 Å². The lowest BCUT2D eigenvalue weighted by Gasteiger charge is -2.28. The van der Waals surface area contributed by atoms with E-state index >= 15 is 0 Å². The largest absolute Gasteiger partial charge is 0.310 e. The summed E-state index contributed by atoms with van der Waals surface area (Å²) in [5.74, 6) is 0. The molecule has 1 aliphatic rings. The average Bonchev–Trinajstić information content (AvgIpc) is 3.58. The van der Waals surface area contributed by atoms with Crippen molar-refractivity contribution >= 4 is 59.3 Å². The third-order valence-electron chi connectivity index (χ3n) is 9.66. The molecular formula is C43H31NS. The summed E-state index contributed by atoms with van der Waals surface area (Å²) in [7, 11) is 0. The van der Waals surface area contributed by atoms with E-state index in [0.29, 0.717) is 0 Å². The number of fused-ring (bicyclic) bond motifs is 8. The van der Waals surface area contributed by atoms with Crippen molar-refractivity contribution in [2.45, 2.75) is 19.3 Å². The molecule has 0 spiro atoms. The molecule has 1 nitrogen and oxygen atoms in total. The Morgan fingerprint density at radius 1 is 0.467 bits per heavy atom. The van der Waals surface area contributed by atoms with E-state index in [9.17, 15) is 0 Å². The number of benzene rings is 7. The maximum Gasteiger partial charge on any atom is 0.0465 e. The van der Waals surface area contributed by atoms with Crippen LogP contribution in [-0.4, -0.2) is 0 Å². The third-order valence-corrected chi connectivity index (χ3v) is 10.9. The lowest BCUT2D eigenvalue weighted by molar-refractivity contribution is 0.660. The normalized spacial score (nSPS) is 13.3. The minimum absolute atomic E-state index is 0.0499. The zero-order chi connectivity index (χ0) is 30.1. The average molecular weight is 594 g/mol. The van der Waals surface area contributed by atoms with Crippen LogP contribution in [0.1, 0.15) is 25.0 Å². The quantitative estimate of drug-likeness (QED) is 0.196. The van der Waals surface area contributed by atoms with Gasteiger partial charge in [-0.15, -0.1) is 11.3 Å². The lowest BCUT2D eigenvalue weighted by Crippen LogP contribution is -2.16. The molecule has 0 aliphatic heterocycles. The SMILES string of the molecule is CC1(C)c2ccccc2-c2ccc(N(c3ccccc3)c3ccc(-c4ccc5c(c4)sc4c6ccccc6ccc54)cc3)cc21. The Hall–Kier alpha value is -5.18. The van der Waals surface area contributed by atoms with Crippen molar-refractivity contribution in [2.24, 2.45) is 0 Å². The van der Waals surface area contributed by atoms with Crippen LogP contribution in [-0.2, 0) is 5.41 Å². The first-order chi connectivity index (χ1) is 22.1. The molecule has 1 aromatic heterocycles. The van der Waals surface area contributed by atoms with Crippen molar-refractivity contribution < 1.29 is 0 Å². The van der Waals surface area contributed by atoms with Gasteiger partial charge >= 0.3 is 0 Å². The zero-order valence-corrected chi connectivity index (χ0v) is 26.1. The molecule has 8 aromatic rings. The van der Waals surface area contributed by atoms with Crippen LogP contribution in [0.2, 0.25) is 0 Å². The predicted octanol–water partition coefficient (Wildman–Crippen LogP) is 12.7. The van der Waals surface area contributed by atoms with Gasteiger partial charge in [0.2, 0.25) is 0 Å². The molecule has 0 saturated heterocycles. The Labute approximate surface area is 267 Å². The van der Waals surface area contributed by atoms with Gasteiger partial charge in [0.25, 0.3) is 0 Å². The van der Waals surface area contributed by atoms with Crippen molar-refractivity contribution in [3.8, 4) is 22.3 Å². The van der Waals surface area contributed by atoms with Gasteiger partial charge in [-0.2, -0.15) is 0 Å². The Balaban J connectivity index is 1.12. The van der Waals surface area contributed by atoms with Crippen LogP contribution in [0.25, 0.3) is 53.2 Å². The fraction of sp³-hybridized carbons (Fsp3) is 0.0698. The Kier molecular flexibility index (Phi) is 5.78. The van der Waals surface area contributed by atoms with Crippen LogP contribution < -0.4 is 4.90 Å². The van der Waals surface area contributed by atoms with Gasteiger partial charge in [-0.3, -0.25) is 0 Å². The van der Waals surface area contributed by atoms with Crippen molar-refractivity contribution in [2.75, 3.05) is 4.90 Å². The second-order valence-corrected chi connectivity index (χ2v) is 13.6. The van der Waals surface area contributed by atoms with Gasteiger partial charge in [0, 0.05) is 42.6 Å². The van der Waals surface area contributed by atoms with Gasteiger partial charge in [0.05, 0.1) is 0 Å². The monoisotopic (exact) mass is 593 g/mol. The van der Waals surface area contributed by atoms with Gasteiger partial charge in [0.1, 0.15) is 0 Å². The topological polar surface area (TPSA) is 3.24 Å². The van der Waals surface area contributed by atoms with E-state index in [0.717, 1.165) is 11.4 Å². The van der Waals surface area contributed by atoms with Crippen molar-refractivity contribution in [3.05, 3.63) is 163 Å². The molecule has 2 heteroatoms. The first kappa shape index (κ1) is 26.2. The molecule has 0 bridgehead atoms. The molecule has 0 radical (unpaired) electrons. The van der Waals surface area contributed by atoms with E-state index in [4.69, 9.17) is 0 Å². The molecule has 7 aromatic carbocycles. The number of rotatable bonds is 4. The highest BCUT2D eigenvalue weighted by Crippen LogP contribution is 2.50. The van der Waals surface area contributed by atoms with E-state index in [1.165, 1.54) is 70.0 Å². The smallest absolute Gasteiger partial charge is 0.0465 e. The summed E-state index contributed by atoms with van der Waals surface area (Å²) in [4.78, 5) is 2.38. The predicted molar refractivity (Wildman–Crippen MR) is 195 cm³/mol. The fourth-order valence-corrected chi connectivity index (χ4v) is 8.62. The molecule has 0 fully saturated rings. The Morgan fingerprint density at radius 2 is 1.13 bits per heavy atom. The summed E-state index contributed by atoms with van der Waals surface area (Å²) in [6, 6.07) is 55.8. The first-order valence-electron chi connectivity index (χ1n) is 15.6. The molecular weight excluding hydrogens is 563 g/mol. The molecule has 45 heavy (non-hydrogen) atoms. The highest BCUT2D eigenvalue weighted by atomic mass is 32.1. The molecule has 0 saturated carbocycles. The summed E-state index contributed by atoms with van der Waals surface area (Å²) >= 11 is 1.90. The van der Waals surface area contributed by atoms with Gasteiger partial charge in [0.15, 0.2) is 0 Å². The van der Waals surface area contributed by atoms with Crippen LogP contribution in [0.5, 0.6) is 0 Å². The minimum atomic E-state index is -0.0499. The van der Waals surface area contributed by atoms with Gasteiger partial charge in [-0.25, -0.2) is 0 Å². The molecule has 1 heterocycles. The summed E-state index contributed by atoms with van der Waals surface area (Å²) in [6.45, 7) is 4.69. The maximum atomic E-state index is 2.40. The number of nitrogens with zero attached hydrogens (tertiary/aromatic N) is 1. The number of para-hydroxylation sites is 1. The van der Waals surface area contributed by atoms with Crippen LogP contribution >= 0.6 is 11.3 Å². The number of anilines is 3. The van der Waals surface area contributed by atoms with Crippen LogP contribution in [0.15, 0.2) is 152 Å². The Bertz CT molecular complexity index is 2400. The van der Waals surface area contributed by atoms with E-state index in [1.54, 1.807) is 0 Å². The van der Waals surface area contributed by atoms with Crippen molar-refractivity contribution in [1.82, 2.24) is 0 Å². The standard InChI is InChI=1S/C43H31NS/c1-43(2)39-15-9-8-14-35(39)36-25-22-33(27-40(36)43)44(31-11-4-3-5-12-31)32-20-16-28(17-21-32)30-19-23-37-38-24-18-29-10-6-7-13-34(29)42(38)45-41(37)26-30/h3-27H,1-2H3. The number of hydrogen-bond acceptors (Lipinski definition) is 2. The lowest BCUT2D eigenvalue weighted by atomic mass is 9.82. The summed E-state index contributed by atoms with van der Waals surface area (Å²) in [5.41, 5.74) is 11.4. The molecule has 0 amide bonds. The van der Waals surface area contributed by atoms with Crippen LogP contribution in [0, 0.1) is 0 Å². The van der Waals surface area contributed by atoms with Crippen LogP contribution in [0.3, 0.4) is 0 Å². The number of hydrogen-bond donors (Lipinski definition) is 0. The van der Waals surface area contributed by atoms with Gasteiger partial charge in [-0.1, -0.05) is 123 Å². The summed E-state index contributed by atoms with van der Waals surface area (Å²) in [5, 5.41) is 5.31. The molecule has 0 atom stereocenters. The molecule has 0 N–H and O–H groups in total. The zero-order valence-electron chi connectivity index (χ0n) is 25.3. The molecule has 0 unspecified atom stereocenters. The second-order valence-electron chi connectivity index (χ2n) is 12.6. The highest BCUT2D eigenvalue weighted by molar-refractivity contribution is 7.26. The van der Waals surface area contributed by atoms with E-state index < -0.39 is 0 Å². The van der Waals surface area contributed by atoms with E-state index in [1.807, 2.05) is 11.3 Å². The van der Waals surface area contributed by atoms with Crippen molar-refractivity contribution in [1.29, 1.82) is 0 Å². The summed E-state index contributed by atoms with van der Waals surface area (Å²) < 4.78 is 2.70. The van der Waals surface area contributed by atoms with Crippen molar-refractivity contribution in [3.63, 3.8) is 0 Å². The minimum Gasteiger partial charge on any atom is -0.310 e. The van der Waals surface area contributed by atoms with Crippen LogP contribution in [0.4, 0.5) is 17.1 Å². The number of thiophene rings is 1. The molecule has 214 valence electrons. The molecule has 1 aliphatic carbocycles. The van der Waals surface area contributed by atoms with E-state index in [-0.39, 0.29) is 5.41 Å². The fourth-order valence-electron chi connectivity index (χ4n) is 7.34. The Morgan fingerprint density at radius 3 is 2.00 bits per heavy atom. The second kappa shape index (κ2) is 9.92. The first-order valence-corrected chi connectivity index (χ1v) is 16.4. The third kappa shape index (κ3) is 4.06. The van der Waals surface area contributed by atoms with Gasteiger partial charge < -0.3 is 4.90 Å². The summed E-state index contributed by atoms with van der Waals surface area (Å²) in [6.07, 6.45) is 0.